The number of hydrogen-bond donors (Lipinski definition) is 0. The number of hydrogen-bond acceptors (Lipinski definition) is 4. The molecule has 58 heavy (non-hydrogen) atoms. The molecule has 0 fully saturated rings. The van der Waals surface area contributed by atoms with Crippen LogP contribution in [0.15, 0.2) is 216 Å². The molecule has 272 valence electrons. The molecular formula is C53H34N4S. The van der Waals surface area contributed by atoms with E-state index in [1.54, 1.807) is 0 Å². The van der Waals surface area contributed by atoms with Crippen LogP contribution in [-0.2, 0) is 5.41 Å². The molecule has 10 aromatic rings. The first-order chi connectivity index (χ1) is 28.8. The third-order valence-corrected chi connectivity index (χ3v) is 13.1. The second-order valence-corrected chi connectivity index (χ2v) is 16.0. The first-order valence-electron chi connectivity index (χ1n) is 19.7. The van der Waals surface area contributed by atoms with E-state index in [9.17, 15) is 0 Å². The van der Waals surface area contributed by atoms with E-state index in [1.807, 2.05) is 11.8 Å². The Morgan fingerprint density at radius 1 is 0.431 bits per heavy atom. The molecule has 0 amide bonds. The van der Waals surface area contributed by atoms with E-state index >= 15 is 0 Å². The predicted molar refractivity (Wildman–Crippen MR) is 238 cm³/mol. The maximum atomic E-state index is 5.42. The zero-order chi connectivity index (χ0) is 38.2. The van der Waals surface area contributed by atoms with E-state index < -0.39 is 5.41 Å². The molecular weight excluding hydrogens is 725 g/mol. The highest BCUT2D eigenvalue weighted by atomic mass is 32.2. The molecule has 4 heterocycles. The molecule has 8 aromatic carbocycles. The second kappa shape index (κ2) is 12.9. The van der Waals surface area contributed by atoms with Gasteiger partial charge in [0.1, 0.15) is 0 Å². The number of nitrogens with zero attached hydrogens (tertiary/aromatic N) is 4. The van der Waals surface area contributed by atoms with Crippen molar-refractivity contribution in [1.29, 1.82) is 0 Å². The predicted octanol–water partition coefficient (Wildman–Crippen LogP) is 13.5. The number of anilines is 3. The van der Waals surface area contributed by atoms with Gasteiger partial charge in [-0.25, -0.2) is 9.97 Å². The second-order valence-electron chi connectivity index (χ2n) is 14.9. The lowest BCUT2D eigenvalue weighted by atomic mass is 9.62. The minimum Gasteiger partial charge on any atom is -0.310 e. The highest BCUT2D eigenvalue weighted by Gasteiger charge is 2.51. The average molecular weight is 759 g/mol. The Bertz CT molecular complexity index is 3110. The van der Waals surface area contributed by atoms with Crippen molar-refractivity contribution in [3.63, 3.8) is 0 Å². The lowest BCUT2D eigenvalue weighted by molar-refractivity contribution is 0.693. The van der Waals surface area contributed by atoms with Gasteiger partial charge >= 0.3 is 0 Å². The summed E-state index contributed by atoms with van der Waals surface area (Å²) in [6.45, 7) is 0. The van der Waals surface area contributed by atoms with Crippen molar-refractivity contribution in [2.24, 2.45) is 0 Å². The summed E-state index contributed by atoms with van der Waals surface area (Å²) in [4.78, 5) is 15.7. The minimum atomic E-state index is -0.618. The maximum absolute atomic E-state index is 5.42. The zero-order valence-corrected chi connectivity index (χ0v) is 32.1. The Kier molecular flexibility index (Phi) is 7.34. The van der Waals surface area contributed by atoms with E-state index in [0.717, 1.165) is 39.2 Å². The first-order valence-corrected chi connectivity index (χ1v) is 20.5. The van der Waals surface area contributed by atoms with Crippen molar-refractivity contribution in [3.05, 3.63) is 229 Å². The van der Waals surface area contributed by atoms with Gasteiger partial charge in [-0.15, -0.1) is 0 Å². The summed E-state index contributed by atoms with van der Waals surface area (Å²) >= 11 is 1.86. The number of para-hydroxylation sites is 4. The molecule has 0 bridgehead atoms. The van der Waals surface area contributed by atoms with Gasteiger partial charge in [-0.3, -0.25) is 4.57 Å². The van der Waals surface area contributed by atoms with Crippen LogP contribution in [0.4, 0.5) is 17.1 Å². The fourth-order valence-corrected chi connectivity index (χ4v) is 10.8. The normalized spacial score (nSPS) is 13.6. The molecule has 12 rings (SSSR count). The summed E-state index contributed by atoms with van der Waals surface area (Å²) in [6.07, 6.45) is 0. The SMILES string of the molecule is c1ccc(-c2cc(-c3ccccc3)nc(-n3c4ccccc4c4ccc5c(c43)Sc3ccccc3C53c4ccccc4N(c4ccccc4)c4ccccc43)n2)cc1. The summed E-state index contributed by atoms with van der Waals surface area (Å²) in [5.74, 6) is 0.646. The lowest BCUT2D eigenvalue weighted by Gasteiger charge is -2.49. The molecule has 0 aliphatic carbocycles. The molecule has 0 atom stereocenters. The standard InChI is InChI=1S/C53H34N4S/c1-4-18-35(19-5-1)44-34-45(36-20-6-2-7-21-36)55-52(54-44)57-46-28-14-10-24-38(46)39-32-33-43-51(50(39)57)58-49-31-17-13-27-42(49)53(43)40-25-11-15-29-47(40)56(37-22-8-3-9-23-37)48-30-16-12-26-41(48)53/h1-34H. The van der Waals surface area contributed by atoms with Crippen LogP contribution in [0.5, 0.6) is 0 Å². The average Bonchev–Trinajstić information content (AvgIpc) is 3.65. The molecule has 0 unspecified atom stereocenters. The van der Waals surface area contributed by atoms with Crippen LogP contribution < -0.4 is 4.90 Å². The fraction of sp³-hybridized carbons (Fsp3) is 0.0189. The van der Waals surface area contributed by atoms with Crippen molar-refractivity contribution in [1.82, 2.24) is 14.5 Å². The Balaban J connectivity index is 1.22. The number of rotatable bonds is 4. The van der Waals surface area contributed by atoms with Crippen molar-refractivity contribution in [3.8, 4) is 28.5 Å². The van der Waals surface area contributed by atoms with Gasteiger partial charge < -0.3 is 4.90 Å². The van der Waals surface area contributed by atoms with Crippen molar-refractivity contribution < 1.29 is 0 Å². The van der Waals surface area contributed by atoms with Gasteiger partial charge in [0.2, 0.25) is 5.95 Å². The molecule has 5 heteroatoms. The molecule has 0 saturated carbocycles. The summed E-state index contributed by atoms with van der Waals surface area (Å²) < 4.78 is 2.33. The molecule has 2 aliphatic heterocycles. The number of fused-ring (bicyclic) bond motifs is 12. The fourth-order valence-electron chi connectivity index (χ4n) is 9.48. The molecule has 0 N–H and O–H groups in total. The topological polar surface area (TPSA) is 34.0 Å². The highest BCUT2D eigenvalue weighted by Crippen LogP contribution is 2.64. The maximum Gasteiger partial charge on any atom is 0.235 e. The molecule has 2 aromatic heterocycles. The quantitative estimate of drug-likeness (QED) is 0.179. The van der Waals surface area contributed by atoms with Gasteiger partial charge in [0.05, 0.1) is 39.2 Å². The summed E-state index contributed by atoms with van der Waals surface area (Å²) in [5.41, 5.74) is 14.0. The van der Waals surface area contributed by atoms with Gasteiger partial charge in [-0.1, -0.05) is 176 Å². The van der Waals surface area contributed by atoms with E-state index in [2.05, 4.69) is 216 Å². The molecule has 2 aliphatic rings. The van der Waals surface area contributed by atoms with Gasteiger partial charge in [0, 0.05) is 37.4 Å². The van der Waals surface area contributed by atoms with Crippen molar-refractivity contribution in [2.75, 3.05) is 4.90 Å². The number of aromatic nitrogens is 3. The Morgan fingerprint density at radius 3 is 1.62 bits per heavy atom. The minimum absolute atomic E-state index is 0.618. The Hall–Kier alpha value is -7.21. The van der Waals surface area contributed by atoms with Crippen LogP contribution in [0.2, 0.25) is 0 Å². The third kappa shape index (κ3) is 4.71. The highest BCUT2D eigenvalue weighted by molar-refractivity contribution is 7.99. The van der Waals surface area contributed by atoms with Crippen LogP contribution in [0.3, 0.4) is 0 Å². The lowest BCUT2D eigenvalue weighted by Crippen LogP contribution is -2.39. The van der Waals surface area contributed by atoms with E-state index in [0.29, 0.717) is 5.95 Å². The Labute approximate surface area is 340 Å². The third-order valence-electron chi connectivity index (χ3n) is 11.9. The molecule has 0 radical (unpaired) electrons. The van der Waals surface area contributed by atoms with Crippen LogP contribution >= 0.6 is 11.8 Å². The number of benzene rings is 8. The van der Waals surface area contributed by atoms with Crippen molar-refractivity contribution in [2.45, 2.75) is 15.2 Å². The van der Waals surface area contributed by atoms with E-state index in [4.69, 9.17) is 9.97 Å². The summed E-state index contributed by atoms with van der Waals surface area (Å²) in [7, 11) is 0. The van der Waals surface area contributed by atoms with Crippen molar-refractivity contribution >= 4 is 50.6 Å². The summed E-state index contributed by atoms with van der Waals surface area (Å²) in [5, 5.41) is 2.35. The van der Waals surface area contributed by atoms with Crippen LogP contribution in [-0.4, -0.2) is 14.5 Å². The van der Waals surface area contributed by atoms with Gasteiger partial charge in [0.15, 0.2) is 0 Å². The monoisotopic (exact) mass is 758 g/mol. The molecule has 0 saturated heterocycles. The molecule has 4 nitrogen and oxygen atoms in total. The van der Waals surface area contributed by atoms with Gasteiger partial charge in [-0.05, 0) is 64.7 Å². The van der Waals surface area contributed by atoms with Crippen LogP contribution in [0.25, 0.3) is 50.3 Å². The zero-order valence-electron chi connectivity index (χ0n) is 31.3. The first kappa shape index (κ1) is 33.0. The molecule has 1 spiro atoms. The Morgan fingerprint density at radius 2 is 0.966 bits per heavy atom. The van der Waals surface area contributed by atoms with Gasteiger partial charge in [0.25, 0.3) is 0 Å². The van der Waals surface area contributed by atoms with Gasteiger partial charge in [-0.2, -0.15) is 0 Å². The van der Waals surface area contributed by atoms with Crippen LogP contribution in [0.1, 0.15) is 22.3 Å². The van der Waals surface area contributed by atoms with E-state index in [-0.39, 0.29) is 0 Å². The summed E-state index contributed by atoms with van der Waals surface area (Å²) in [6, 6.07) is 74.2. The largest absolute Gasteiger partial charge is 0.310 e. The smallest absolute Gasteiger partial charge is 0.235 e. The van der Waals surface area contributed by atoms with Crippen LogP contribution in [0, 0.1) is 0 Å². The van der Waals surface area contributed by atoms with E-state index in [1.165, 1.54) is 54.2 Å².